The fraction of sp³-hybridized carbons (Fsp3) is 0.333. The van der Waals surface area contributed by atoms with Crippen molar-refractivity contribution in [1.29, 1.82) is 0 Å². The van der Waals surface area contributed by atoms with Crippen LogP contribution in [0.2, 0.25) is 0 Å². The van der Waals surface area contributed by atoms with Crippen molar-refractivity contribution in [3.05, 3.63) is 59.2 Å². The third-order valence-corrected chi connectivity index (χ3v) is 4.57. The Hall–Kier alpha value is -2.82. The smallest absolute Gasteiger partial charge is 0.259 e. The highest BCUT2D eigenvalue weighted by molar-refractivity contribution is 6.07. The average Bonchev–Trinajstić information content (AvgIpc) is 3.03. The molecule has 0 atom stereocenters. The second-order valence-corrected chi connectivity index (χ2v) is 6.68. The number of nitrogens with zero attached hydrogens (tertiary/aromatic N) is 2. The Kier molecular flexibility index (Phi) is 5.26. The van der Waals surface area contributed by atoms with Crippen LogP contribution in [0.4, 0.5) is 5.69 Å². The molecule has 0 aromatic heterocycles. The zero-order chi connectivity index (χ0) is 18.7. The van der Waals surface area contributed by atoms with E-state index < -0.39 is 0 Å². The number of carbonyl (C=O) groups is 2. The molecule has 26 heavy (non-hydrogen) atoms. The van der Waals surface area contributed by atoms with Crippen LogP contribution in [-0.2, 0) is 4.79 Å². The molecule has 0 bridgehead atoms. The predicted octanol–water partition coefficient (Wildman–Crippen LogP) is 3.54. The Balaban J connectivity index is 2.01. The predicted molar refractivity (Wildman–Crippen MR) is 102 cm³/mol. The topological polar surface area (TPSA) is 49.9 Å². The van der Waals surface area contributed by atoms with E-state index >= 15 is 0 Å². The maximum atomic E-state index is 13.3. The van der Waals surface area contributed by atoms with Crippen molar-refractivity contribution in [1.82, 2.24) is 4.90 Å². The molecule has 1 aliphatic rings. The number of benzene rings is 2. The monoisotopic (exact) mass is 352 g/mol. The lowest BCUT2D eigenvalue weighted by molar-refractivity contribution is -0.127. The number of aryl methyl sites for hydroxylation is 2. The average molecular weight is 352 g/mol. The molecule has 0 unspecified atom stereocenters. The van der Waals surface area contributed by atoms with Crippen molar-refractivity contribution in [2.24, 2.45) is 0 Å². The summed E-state index contributed by atoms with van der Waals surface area (Å²) < 4.78 is 5.45. The molecule has 2 amide bonds. The van der Waals surface area contributed by atoms with Gasteiger partial charge in [-0.3, -0.25) is 14.5 Å². The third-order valence-electron chi connectivity index (χ3n) is 4.57. The molecule has 136 valence electrons. The van der Waals surface area contributed by atoms with Gasteiger partial charge in [0, 0.05) is 18.5 Å². The summed E-state index contributed by atoms with van der Waals surface area (Å²) in [5.41, 5.74) is 3.34. The number of para-hydroxylation sites is 2. The van der Waals surface area contributed by atoms with Gasteiger partial charge in [-0.25, -0.2) is 0 Å². The number of methoxy groups -OCH3 is 1. The summed E-state index contributed by atoms with van der Waals surface area (Å²) >= 11 is 0. The first kappa shape index (κ1) is 18.0. The van der Waals surface area contributed by atoms with E-state index in [1.54, 1.807) is 16.9 Å². The number of amides is 2. The largest absolute Gasteiger partial charge is 0.495 e. The quantitative estimate of drug-likeness (QED) is 0.827. The number of carbonyl (C=O) groups excluding carboxylic acids is 2. The molecular weight excluding hydrogens is 328 g/mol. The third kappa shape index (κ3) is 3.72. The second kappa shape index (κ2) is 7.60. The normalized spacial score (nSPS) is 13.8. The van der Waals surface area contributed by atoms with E-state index in [1.165, 1.54) is 0 Å². The molecule has 0 N–H and O–H groups in total. The van der Waals surface area contributed by atoms with Gasteiger partial charge in [-0.05, 0) is 44.5 Å². The molecule has 5 heteroatoms. The summed E-state index contributed by atoms with van der Waals surface area (Å²) in [6.07, 6.45) is 1.37. The highest BCUT2D eigenvalue weighted by Crippen LogP contribution is 2.30. The molecule has 1 saturated heterocycles. The zero-order valence-corrected chi connectivity index (χ0v) is 15.5. The van der Waals surface area contributed by atoms with E-state index in [-0.39, 0.29) is 18.5 Å². The van der Waals surface area contributed by atoms with Gasteiger partial charge in [0.1, 0.15) is 12.4 Å². The first-order valence-electron chi connectivity index (χ1n) is 8.80. The van der Waals surface area contributed by atoms with Gasteiger partial charge in [-0.1, -0.05) is 29.3 Å². The number of hydrogen-bond donors (Lipinski definition) is 0. The highest BCUT2D eigenvalue weighted by Gasteiger charge is 2.28. The lowest BCUT2D eigenvalue weighted by Crippen LogP contribution is -2.42. The van der Waals surface area contributed by atoms with Crippen LogP contribution in [-0.4, -0.2) is 37.0 Å². The molecule has 5 nitrogen and oxygen atoms in total. The van der Waals surface area contributed by atoms with Crippen LogP contribution in [0.15, 0.2) is 42.5 Å². The van der Waals surface area contributed by atoms with Gasteiger partial charge < -0.3 is 9.64 Å². The van der Waals surface area contributed by atoms with Crippen molar-refractivity contribution in [3.8, 4) is 5.75 Å². The summed E-state index contributed by atoms with van der Waals surface area (Å²) in [6.45, 7) is 4.85. The van der Waals surface area contributed by atoms with Crippen molar-refractivity contribution in [3.63, 3.8) is 0 Å². The minimum absolute atomic E-state index is 0.0816. The maximum Gasteiger partial charge on any atom is 0.259 e. The molecule has 0 aliphatic carbocycles. The van der Waals surface area contributed by atoms with Gasteiger partial charge in [-0.15, -0.1) is 0 Å². The van der Waals surface area contributed by atoms with Crippen LogP contribution in [0.3, 0.4) is 0 Å². The second-order valence-electron chi connectivity index (χ2n) is 6.68. The Bertz CT molecular complexity index is 812. The summed E-state index contributed by atoms with van der Waals surface area (Å²) in [5, 5.41) is 0. The highest BCUT2D eigenvalue weighted by atomic mass is 16.5. The first-order chi connectivity index (χ1) is 12.5. The lowest BCUT2D eigenvalue weighted by atomic mass is 10.1. The van der Waals surface area contributed by atoms with E-state index in [9.17, 15) is 9.59 Å². The van der Waals surface area contributed by atoms with Crippen LogP contribution in [0.5, 0.6) is 5.75 Å². The Labute approximate surface area is 154 Å². The van der Waals surface area contributed by atoms with Gasteiger partial charge in [0.05, 0.1) is 12.8 Å². The van der Waals surface area contributed by atoms with Crippen molar-refractivity contribution >= 4 is 17.5 Å². The molecular formula is C21H24N2O3. The van der Waals surface area contributed by atoms with Crippen molar-refractivity contribution in [2.45, 2.75) is 26.7 Å². The summed E-state index contributed by atoms with van der Waals surface area (Å²) in [4.78, 5) is 28.8. The van der Waals surface area contributed by atoms with Gasteiger partial charge in [0.15, 0.2) is 0 Å². The summed E-state index contributed by atoms with van der Waals surface area (Å²) in [7, 11) is 1.58. The fourth-order valence-corrected chi connectivity index (χ4v) is 3.38. The number of ether oxygens (including phenoxy) is 1. The van der Waals surface area contributed by atoms with E-state index in [1.807, 2.05) is 56.3 Å². The van der Waals surface area contributed by atoms with Gasteiger partial charge in [0.25, 0.3) is 5.91 Å². The SMILES string of the molecule is COc1ccccc1N(CN1CCCC1=O)C(=O)c1cc(C)cc(C)c1. The van der Waals surface area contributed by atoms with Crippen molar-refractivity contribution in [2.75, 3.05) is 25.2 Å². The molecule has 0 saturated carbocycles. The minimum atomic E-state index is -0.138. The van der Waals surface area contributed by atoms with Gasteiger partial charge in [0.2, 0.25) is 5.91 Å². The van der Waals surface area contributed by atoms with E-state index in [0.717, 1.165) is 17.5 Å². The number of likely N-dealkylation sites (tertiary alicyclic amines) is 1. The Morgan fingerprint density at radius 1 is 1.15 bits per heavy atom. The standard InChI is InChI=1S/C21H24N2O3/c1-15-11-16(2)13-17(12-15)21(25)23(14-22-10-6-9-20(22)24)18-7-4-5-8-19(18)26-3/h4-5,7-8,11-13H,6,9-10,14H2,1-3H3. The van der Waals surface area contributed by atoms with E-state index in [4.69, 9.17) is 4.74 Å². The molecule has 1 heterocycles. The number of hydrogen-bond acceptors (Lipinski definition) is 3. The number of rotatable bonds is 5. The first-order valence-corrected chi connectivity index (χ1v) is 8.80. The molecule has 1 fully saturated rings. The molecule has 1 aliphatic heterocycles. The van der Waals surface area contributed by atoms with Crippen LogP contribution in [0.1, 0.15) is 34.3 Å². The molecule has 2 aromatic carbocycles. The van der Waals surface area contributed by atoms with Crippen LogP contribution < -0.4 is 9.64 Å². The Morgan fingerprint density at radius 3 is 2.46 bits per heavy atom. The Morgan fingerprint density at radius 2 is 1.85 bits per heavy atom. The summed E-state index contributed by atoms with van der Waals surface area (Å²) in [6, 6.07) is 13.2. The van der Waals surface area contributed by atoms with E-state index in [0.29, 0.717) is 30.0 Å². The van der Waals surface area contributed by atoms with Crippen LogP contribution in [0.25, 0.3) is 0 Å². The minimum Gasteiger partial charge on any atom is -0.495 e. The van der Waals surface area contributed by atoms with Gasteiger partial charge >= 0.3 is 0 Å². The maximum absolute atomic E-state index is 13.3. The fourth-order valence-electron chi connectivity index (χ4n) is 3.38. The van der Waals surface area contributed by atoms with Gasteiger partial charge in [-0.2, -0.15) is 0 Å². The van der Waals surface area contributed by atoms with Crippen LogP contribution in [0, 0.1) is 13.8 Å². The zero-order valence-electron chi connectivity index (χ0n) is 15.5. The molecule has 0 radical (unpaired) electrons. The molecule has 2 aromatic rings. The van der Waals surface area contributed by atoms with Crippen molar-refractivity contribution < 1.29 is 14.3 Å². The molecule has 0 spiro atoms. The van der Waals surface area contributed by atoms with E-state index in [2.05, 4.69) is 0 Å². The lowest BCUT2D eigenvalue weighted by Gasteiger charge is -2.29. The number of anilines is 1. The van der Waals surface area contributed by atoms with Crippen LogP contribution >= 0.6 is 0 Å². The summed E-state index contributed by atoms with van der Waals surface area (Å²) in [5.74, 6) is 0.552. The molecule has 3 rings (SSSR count).